The van der Waals surface area contributed by atoms with E-state index in [2.05, 4.69) is 0 Å². The molecule has 2 aromatic carbocycles. The van der Waals surface area contributed by atoms with E-state index >= 15 is 0 Å². The summed E-state index contributed by atoms with van der Waals surface area (Å²) < 4.78 is 0. The molecule has 0 saturated heterocycles. The second-order valence-electron chi connectivity index (χ2n) is 5.13. The fourth-order valence-corrected chi connectivity index (χ4v) is 2.90. The molecule has 0 N–H and O–H groups in total. The molecule has 116 valence electrons. The molecule has 0 amide bonds. The van der Waals surface area contributed by atoms with Crippen LogP contribution in [0.2, 0.25) is 0 Å². The lowest BCUT2D eigenvalue weighted by Crippen LogP contribution is -2.09. The molecule has 0 aromatic heterocycles. The Labute approximate surface area is 134 Å². The van der Waals surface area contributed by atoms with E-state index in [4.69, 9.17) is 0 Å². The van der Waals surface area contributed by atoms with E-state index in [1.165, 1.54) is 0 Å². The van der Waals surface area contributed by atoms with Gasteiger partial charge in [-0.3, -0.25) is 19.2 Å². The van der Waals surface area contributed by atoms with Gasteiger partial charge in [-0.05, 0) is 17.5 Å². The van der Waals surface area contributed by atoms with Crippen LogP contribution in [-0.4, -0.2) is 25.1 Å². The Bertz CT molecular complexity index is 698. The van der Waals surface area contributed by atoms with E-state index in [1.807, 2.05) is 6.92 Å². The number of aldehydes is 4. The summed E-state index contributed by atoms with van der Waals surface area (Å²) in [5.41, 5.74) is 2.63. The maximum absolute atomic E-state index is 11.5. The Morgan fingerprint density at radius 2 is 1.17 bits per heavy atom. The molecule has 0 aliphatic rings. The summed E-state index contributed by atoms with van der Waals surface area (Å²) in [6.45, 7) is 1.93. The van der Waals surface area contributed by atoms with E-state index in [0.29, 0.717) is 64.9 Å². The Kier molecular flexibility index (Phi) is 5.31. The van der Waals surface area contributed by atoms with Crippen molar-refractivity contribution in [3.8, 4) is 0 Å². The van der Waals surface area contributed by atoms with Crippen LogP contribution in [0, 0.1) is 0 Å². The number of benzene rings is 2. The standard InChI is InChI=1S/C19H16O4/c1-2-15(16-7-3-5-13(9-20)18(16)11-22)17-8-4-6-14(10-21)19(17)12-23/h3-12,15H,2H2,1H3. The van der Waals surface area contributed by atoms with Crippen LogP contribution >= 0.6 is 0 Å². The highest BCUT2D eigenvalue weighted by Gasteiger charge is 2.21. The zero-order valence-corrected chi connectivity index (χ0v) is 12.7. The fourth-order valence-electron chi connectivity index (χ4n) is 2.90. The molecule has 0 aliphatic carbocycles. The number of carbonyl (C=O) groups is 4. The highest BCUT2D eigenvalue weighted by molar-refractivity contribution is 5.94. The van der Waals surface area contributed by atoms with Gasteiger partial charge in [0.1, 0.15) is 0 Å². The molecule has 0 aliphatic heterocycles. The van der Waals surface area contributed by atoms with Gasteiger partial charge in [0.15, 0.2) is 25.1 Å². The monoisotopic (exact) mass is 308 g/mol. The van der Waals surface area contributed by atoms with Gasteiger partial charge in [-0.15, -0.1) is 0 Å². The minimum absolute atomic E-state index is 0.254. The highest BCUT2D eigenvalue weighted by Crippen LogP contribution is 2.33. The fraction of sp³-hybridized carbons (Fsp3) is 0.158. The van der Waals surface area contributed by atoms with Crippen molar-refractivity contribution in [3.05, 3.63) is 69.8 Å². The molecular formula is C19H16O4. The predicted molar refractivity (Wildman–Crippen MR) is 86.6 cm³/mol. The molecule has 0 unspecified atom stereocenters. The summed E-state index contributed by atoms with van der Waals surface area (Å²) in [6.07, 6.45) is 3.22. The molecule has 0 spiro atoms. The van der Waals surface area contributed by atoms with Gasteiger partial charge in [0.05, 0.1) is 0 Å². The molecule has 0 bridgehead atoms. The lowest BCUT2D eigenvalue weighted by Gasteiger charge is -2.21. The van der Waals surface area contributed by atoms with Crippen LogP contribution in [0.1, 0.15) is 71.8 Å². The average molecular weight is 308 g/mol. The van der Waals surface area contributed by atoms with Crippen LogP contribution in [0.4, 0.5) is 0 Å². The topological polar surface area (TPSA) is 68.3 Å². The molecule has 2 rings (SSSR count). The van der Waals surface area contributed by atoms with Crippen molar-refractivity contribution in [2.45, 2.75) is 19.3 Å². The molecule has 2 aromatic rings. The summed E-state index contributed by atoms with van der Waals surface area (Å²) in [5.74, 6) is -0.254. The maximum atomic E-state index is 11.5. The van der Waals surface area contributed by atoms with Gasteiger partial charge in [-0.25, -0.2) is 0 Å². The number of hydrogen-bond donors (Lipinski definition) is 0. The Morgan fingerprint density at radius 1 is 0.739 bits per heavy atom. The Morgan fingerprint density at radius 3 is 1.48 bits per heavy atom. The van der Waals surface area contributed by atoms with Crippen molar-refractivity contribution in [3.63, 3.8) is 0 Å². The molecule has 0 heterocycles. The Balaban J connectivity index is 2.71. The van der Waals surface area contributed by atoms with E-state index in [-0.39, 0.29) is 5.92 Å². The van der Waals surface area contributed by atoms with E-state index < -0.39 is 0 Å². The quantitative estimate of drug-likeness (QED) is 0.734. The SMILES string of the molecule is CCC(c1cccc(C=O)c1C=O)c1cccc(C=O)c1C=O. The normalized spacial score (nSPS) is 10.3. The summed E-state index contributed by atoms with van der Waals surface area (Å²) in [6, 6.07) is 10.1. The lowest BCUT2D eigenvalue weighted by atomic mass is 9.82. The van der Waals surface area contributed by atoms with Crippen LogP contribution in [-0.2, 0) is 0 Å². The molecule has 0 saturated carbocycles. The third kappa shape index (κ3) is 3.01. The minimum Gasteiger partial charge on any atom is -0.298 e. The van der Waals surface area contributed by atoms with Gasteiger partial charge in [-0.1, -0.05) is 43.3 Å². The third-order valence-electron chi connectivity index (χ3n) is 4.00. The number of hydrogen-bond acceptors (Lipinski definition) is 4. The van der Waals surface area contributed by atoms with Crippen molar-refractivity contribution in [1.29, 1.82) is 0 Å². The van der Waals surface area contributed by atoms with Gasteiger partial charge in [-0.2, -0.15) is 0 Å². The van der Waals surface area contributed by atoms with E-state index in [1.54, 1.807) is 36.4 Å². The smallest absolute Gasteiger partial charge is 0.151 e. The molecule has 0 fully saturated rings. The summed E-state index contributed by atoms with van der Waals surface area (Å²) >= 11 is 0. The van der Waals surface area contributed by atoms with Crippen molar-refractivity contribution in [2.75, 3.05) is 0 Å². The first-order valence-electron chi connectivity index (χ1n) is 7.28. The molecule has 0 atom stereocenters. The number of carbonyl (C=O) groups excluding carboxylic acids is 4. The second kappa shape index (κ2) is 7.40. The summed E-state index contributed by atoms with van der Waals surface area (Å²) in [7, 11) is 0. The first-order valence-corrected chi connectivity index (χ1v) is 7.28. The van der Waals surface area contributed by atoms with Gasteiger partial charge < -0.3 is 0 Å². The van der Waals surface area contributed by atoms with Crippen LogP contribution in [0.25, 0.3) is 0 Å². The van der Waals surface area contributed by atoms with Gasteiger partial charge in [0.25, 0.3) is 0 Å². The second-order valence-corrected chi connectivity index (χ2v) is 5.13. The van der Waals surface area contributed by atoms with Crippen molar-refractivity contribution >= 4 is 25.1 Å². The minimum atomic E-state index is -0.254. The molecule has 23 heavy (non-hydrogen) atoms. The van der Waals surface area contributed by atoms with Crippen LogP contribution < -0.4 is 0 Å². The predicted octanol–water partition coefficient (Wildman–Crippen LogP) is 3.48. The first kappa shape index (κ1) is 16.5. The van der Waals surface area contributed by atoms with Crippen LogP contribution in [0.5, 0.6) is 0 Å². The van der Waals surface area contributed by atoms with Crippen LogP contribution in [0.15, 0.2) is 36.4 Å². The number of rotatable bonds is 7. The average Bonchev–Trinajstić information content (AvgIpc) is 2.61. The largest absolute Gasteiger partial charge is 0.298 e. The van der Waals surface area contributed by atoms with Crippen molar-refractivity contribution in [1.82, 2.24) is 0 Å². The zero-order chi connectivity index (χ0) is 16.8. The molecule has 4 nitrogen and oxygen atoms in total. The van der Waals surface area contributed by atoms with Crippen LogP contribution in [0.3, 0.4) is 0 Å². The lowest BCUT2D eigenvalue weighted by molar-refractivity contribution is 0.109. The van der Waals surface area contributed by atoms with Crippen molar-refractivity contribution < 1.29 is 19.2 Å². The van der Waals surface area contributed by atoms with Gasteiger partial charge >= 0.3 is 0 Å². The summed E-state index contributed by atoms with van der Waals surface area (Å²) in [5, 5.41) is 0. The highest BCUT2D eigenvalue weighted by atomic mass is 16.1. The molecule has 4 heteroatoms. The molecular weight excluding hydrogens is 292 g/mol. The van der Waals surface area contributed by atoms with Gasteiger partial charge in [0.2, 0.25) is 0 Å². The summed E-state index contributed by atoms with van der Waals surface area (Å²) in [4.78, 5) is 45.2. The van der Waals surface area contributed by atoms with Gasteiger partial charge in [0, 0.05) is 28.2 Å². The zero-order valence-electron chi connectivity index (χ0n) is 12.7. The van der Waals surface area contributed by atoms with E-state index in [0.717, 1.165) is 0 Å². The van der Waals surface area contributed by atoms with E-state index in [9.17, 15) is 19.2 Å². The maximum Gasteiger partial charge on any atom is 0.151 e. The Hall–Kier alpha value is -2.88. The first-order chi connectivity index (χ1) is 11.2. The third-order valence-corrected chi connectivity index (χ3v) is 4.00. The molecule has 0 radical (unpaired) electrons. The van der Waals surface area contributed by atoms with Crippen molar-refractivity contribution in [2.24, 2.45) is 0 Å².